The third kappa shape index (κ3) is 4.08. The molecular formula is C18H25NOS. The van der Waals surface area contributed by atoms with Crippen LogP contribution in [0.3, 0.4) is 0 Å². The lowest BCUT2D eigenvalue weighted by Gasteiger charge is -2.18. The number of hydrogen-bond donors (Lipinski definition) is 1. The van der Waals surface area contributed by atoms with Crippen molar-refractivity contribution in [3.63, 3.8) is 0 Å². The number of ether oxygens (including phenoxy) is 1. The Kier molecular flexibility index (Phi) is 5.83. The van der Waals surface area contributed by atoms with Crippen molar-refractivity contribution in [2.45, 2.75) is 39.7 Å². The summed E-state index contributed by atoms with van der Waals surface area (Å²) in [5.41, 5.74) is 2.55. The van der Waals surface area contributed by atoms with Crippen molar-refractivity contribution in [3.05, 3.63) is 51.2 Å². The summed E-state index contributed by atoms with van der Waals surface area (Å²) in [6.45, 7) is 7.47. The van der Waals surface area contributed by atoms with Crippen LogP contribution >= 0.6 is 11.3 Å². The first-order valence-corrected chi connectivity index (χ1v) is 8.45. The summed E-state index contributed by atoms with van der Waals surface area (Å²) in [5.74, 6) is 0.982. The highest BCUT2D eigenvalue weighted by Gasteiger charge is 2.16. The average molecular weight is 303 g/mol. The quantitative estimate of drug-likeness (QED) is 0.812. The van der Waals surface area contributed by atoms with E-state index in [4.69, 9.17) is 4.74 Å². The van der Waals surface area contributed by atoms with Gasteiger partial charge in [-0.15, -0.1) is 11.3 Å². The van der Waals surface area contributed by atoms with Crippen molar-refractivity contribution in [1.82, 2.24) is 5.32 Å². The molecule has 1 unspecified atom stereocenters. The van der Waals surface area contributed by atoms with Gasteiger partial charge in [0, 0.05) is 15.8 Å². The molecule has 1 N–H and O–H groups in total. The van der Waals surface area contributed by atoms with Crippen molar-refractivity contribution in [1.29, 1.82) is 0 Å². The zero-order valence-electron chi connectivity index (χ0n) is 13.4. The van der Waals surface area contributed by atoms with Gasteiger partial charge in [0.05, 0.1) is 7.11 Å². The molecule has 21 heavy (non-hydrogen) atoms. The molecule has 2 rings (SSSR count). The predicted molar refractivity (Wildman–Crippen MR) is 91.5 cm³/mol. The molecule has 3 heteroatoms. The average Bonchev–Trinajstić information content (AvgIpc) is 2.96. The van der Waals surface area contributed by atoms with E-state index in [1.54, 1.807) is 7.11 Å². The minimum absolute atomic E-state index is 0.357. The highest BCUT2D eigenvalue weighted by Crippen LogP contribution is 2.30. The van der Waals surface area contributed by atoms with Crippen molar-refractivity contribution in [2.24, 2.45) is 0 Å². The van der Waals surface area contributed by atoms with Gasteiger partial charge >= 0.3 is 0 Å². The third-order valence-corrected chi connectivity index (χ3v) is 5.03. The Morgan fingerprint density at radius 2 is 2.00 bits per heavy atom. The van der Waals surface area contributed by atoms with E-state index < -0.39 is 0 Å². The van der Waals surface area contributed by atoms with E-state index in [1.165, 1.54) is 20.9 Å². The Hall–Kier alpha value is -1.32. The van der Waals surface area contributed by atoms with Gasteiger partial charge in [-0.25, -0.2) is 0 Å². The standard InChI is InChI=1S/C18H25NOS/c1-5-15-8-10-18(21-15)16(19-6-2)12-14-11-13(3)7-9-17(14)20-4/h7-11,16,19H,5-6,12H2,1-4H3. The number of likely N-dealkylation sites (N-methyl/N-ethyl adjacent to an activating group) is 1. The van der Waals surface area contributed by atoms with Crippen LogP contribution in [0.15, 0.2) is 30.3 Å². The number of aryl methyl sites for hydroxylation is 2. The van der Waals surface area contributed by atoms with Crippen molar-refractivity contribution in [3.8, 4) is 5.75 Å². The summed E-state index contributed by atoms with van der Waals surface area (Å²) in [6, 6.07) is 11.3. The van der Waals surface area contributed by atoms with Crippen LogP contribution in [0.4, 0.5) is 0 Å². The number of thiophene rings is 1. The first-order chi connectivity index (χ1) is 10.2. The number of rotatable bonds is 7. The van der Waals surface area contributed by atoms with Crippen LogP contribution in [0.1, 0.15) is 40.8 Å². The highest BCUT2D eigenvalue weighted by atomic mass is 32.1. The first-order valence-electron chi connectivity index (χ1n) is 7.63. The van der Waals surface area contributed by atoms with E-state index in [-0.39, 0.29) is 0 Å². The molecular weight excluding hydrogens is 278 g/mol. The van der Waals surface area contributed by atoms with Gasteiger partial charge < -0.3 is 10.1 Å². The summed E-state index contributed by atoms with van der Waals surface area (Å²) < 4.78 is 5.52. The Balaban J connectivity index is 2.25. The molecule has 0 radical (unpaired) electrons. The van der Waals surface area contributed by atoms with Gasteiger partial charge in [-0.1, -0.05) is 31.5 Å². The molecule has 0 amide bonds. The zero-order chi connectivity index (χ0) is 15.2. The second kappa shape index (κ2) is 7.62. The van der Waals surface area contributed by atoms with Crippen LogP contribution in [0, 0.1) is 6.92 Å². The normalized spacial score (nSPS) is 12.4. The highest BCUT2D eigenvalue weighted by molar-refractivity contribution is 7.12. The van der Waals surface area contributed by atoms with Gasteiger partial charge in [0.1, 0.15) is 5.75 Å². The lowest BCUT2D eigenvalue weighted by Crippen LogP contribution is -2.22. The van der Waals surface area contributed by atoms with E-state index in [0.29, 0.717) is 6.04 Å². The molecule has 0 saturated carbocycles. The summed E-state index contributed by atoms with van der Waals surface area (Å²) in [5, 5.41) is 3.61. The Labute approximate surface area is 132 Å². The van der Waals surface area contributed by atoms with Crippen molar-refractivity contribution < 1.29 is 4.74 Å². The molecule has 114 valence electrons. The maximum absolute atomic E-state index is 5.52. The van der Waals surface area contributed by atoms with E-state index in [0.717, 1.165) is 25.1 Å². The Morgan fingerprint density at radius 1 is 1.19 bits per heavy atom. The van der Waals surface area contributed by atoms with Crippen LogP contribution in [-0.2, 0) is 12.8 Å². The fourth-order valence-electron chi connectivity index (χ4n) is 2.58. The fraction of sp³-hybridized carbons (Fsp3) is 0.444. The monoisotopic (exact) mass is 303 g/mol. The van der Waals surface area contributed by atoms with E-state index in [2.05, 4.69) is 56.4 Å². The topological polar surface area (TPSA) is 21.3 Å². The summed E-state index contributed by atoms with van der Waals surface area (Å²) in [6.07, 6.45) is 2.07. The first kappa shape index (κ1) is 16.1. The molecule has 2 nitrogen and oxygen atoms in total. The summed E-state index contributed by atoms with van der Waals surface area (Å²) in [4.78, 5) is 2.86. The van der Waals surface area contributed by atoms with E-state index in [9.17, 15) is 0 Å². The van der Waals surface area contributed by atoms with Crippen LogP contribution < -0.4 is 10.1 Å². The molecule has 1 aromatic carbocycles. The number of methoxy groups -OCH3 is 1. The molecule has 0 aliphatic carbocycles. The maximum atomic E-state index is 5.52. The van der Waals surface area contributed by atoms with Gasteiger partial charge in [0.2, 0.25) is 0 Å². The minimum atomic E-state index is 0.357. The van der Waals surface area contributed by atoms with Gasteiger partial charge in [-0.2, -0.15) is 0 Å². The molecule has 0 spiro atoms. The molecule has 0 saturated heterocycles. The van der Waals surface area contributed by atoms with Crippen molar-refractivity contribution in [2.75, 3.05) is 13.7 Å². The lowest BCUT2D eigenvalue weighted by atomic mass is 10.0. The Bertz CT molecular complexity index is 576. The lowest BCUT2D eigenvalue weighted by molar-refractivity contribution is 0.406. The van der Waals surface area contributed by atoms with Gasteiger partial charge in [-0.05, 0) is 50.1 Å². The van der Waals surface area contributed by atoms with Crippen LogP contribution in [0.2, 0.25) is 0 Å². The van der Waals surface area contributed by atoms with Crippen LogP contribution in [0.5, 0.6) is 5.75 Å². The van der Waals surface area contributed by atoms with Crippen LogP contribution in [0.25, 0.3) is 0 Å². The summed E-state index contributed by atoms with van der Waals surface area (Å²) in [7, 11) is 1.75. The van der Waals surface area contributed by atoms with E-state index >= 15 is 0 Å². The largest absolute Gasteiger partial charge is 0.496 e. The second-order valence-corrected chi connectivity index (χ2v) is 6.49. The second-order valence-electron chi connectivity index (χ2n) is 5.29. The van der Waals surface area contributed by atoms with Crippen molar-refractivity contribution >= 4 is 11.3 Å². The Morgan fingerprint density at radius 3 is 2.62 bits per heavy atom. The fourth-order valence-corrected chi connectivity index (χ4v) is 3.61. The van der Waals surface area contributed by atoms with Gasteiger partial charge in [-0.3, -0.25) is 0 Å². The molecule has 1 atom stereocenters. The molecule has 0 bridgehead atoms. The van der Waals surface area contributed by atoms with Gasteiger partial charge in [0.25, 0.3) is 0 Å². The smallest absolute Gasteiger partial charge is 0.122 e. The molecule has 1 heterocycles. The minimum Gasteiger partial charge on any atom is -0.496 e. The maximum Gasteiger partial charge on any atom is 0.122 e. The number of nitrogens with one attached hydrogen (secondary N) is 1. The van der Waals surface area contributed by atoms with E-state index in [1.807, 2.05) is 11.3 Å². The molecule has 0 aliphatic heterocycles. The number of benzene rings is 1. The summed E-state index contributed by atoms with van der Waals surface area (Å²) >= 11 is 1.91. The SMILES string of the molecule is CCNC(Cc1cc(C)ccc1OC)c1ccc(CC)s1. The number of hydrogen-bond acceptors (Lipinski definition) is 3. The predicted octanol–water partition coefficient (Wildman–Crippen LogP) is 4.52. The molecule has 2 aromatic rings. The molecule has 0 fully saturated rings. The van der Waals surface area contributed by atoms with Gasteiger partial charge in [0.15, 0.2) is 0 Å². The third-order valence-electron chi connectivity index (χ3n) is 3.68. The zero-order valence-corrected chi connectivity index (χ0v) is 14.2. The molecule has 0 aliphatic rings. The van der Waals surface area contributed by atoms with Crippen LogP contribution in [-0.4, -0.2) is 13.7 Å². The molecule has 1 aromatic heterocycles.